The zero-order chi connectivity index (χ0) is 16.7. The fourth-order valence-electron chi connectivity index (χ4n) is 4.07. The molecule has 1 aromatic rings. The first kappa shape index (κ1) is 15.5. The first-order valence-corrected chi connectivity index (χ1v) is 8.89. The van der Waals surface area contributed by atoms with Crippen LogP contribution in [0.2, 0.25) is 0 Å². The molecule has 0 heterocycles. The minimum Gasteiger partial charge on any atom is -0.466 e. The van der Waals surface area contributed by atoms with Crippen molar-refractivity contribution in [3.05, 3.63) is 28.3 Å². The molecule has 3 aliphatic carbocycles. The molecule has 5 nitrogen and oxygen atoms in total. The van der Waals surface area contributed by atoms with Crippen molar-refractivity contribution in [2.24, 2.45) is 5.92 Å². The summed E-state index contributed by atoms with van der Waals surface area (Å²) in [4.78, 5) is 24.3. The molecule has 1 aromatic carbocycles. The Bertz CT molecular complexity index is 661. The molecule has 0 bridgehead atoms. The monoisotopic (exact) mass is 329 g/mol. The van der Waals surface area contributed by atoms with Crippen LogP contribution in [-0.2, 0) is 40.0 Å². The summed E-state index contributed by atoms with van der Waals surface area (Å²) in [7, 11) is 1.33. The fraction of sp³-hybridized carbons (Fsp3) is 0.579. The average Bonchev–Trinajstić information content (AvgIpc) is 3.11. The Morgan fingerprint density at radius 3 is 2.25 bits per heavy atom. The molecule has 0 aromatic heterocycles. The molecule has 1 amide bonds. The normalized spacial score (nSPS) is 19.4. The molecule has 3 aliphatic rings. The van der Waals surface area contributed by atoms with Gasteiger partial charge in [0.05, 0.1) is 12.8 Å². The summed E-state index contributed by atoms with van der Waals surface area (Å²) in [6, 6.07) is 2.32. The van der Waals surface area contributed by atoms with E-state index in [1.165, 1.54) is 29.4 Å². The van der Waals surface area contributed by atoms with E-state index in [9.17, 15) is 9.59 Å². The quantitative estimate of drug-likeness (QED) is 0.862. The molecule has 0 radical (unpaired) electrons. The molecule has 0 aliphatic heterocycles. The second-order valence-corrected chi connectivity index (χ2v) is 7.05. The summed E-state index contributed by atoms with van der Waals surface area (Å²) < 4.78 is 10.2. The van der Waals surface area contributed by atoms with Gasteiger partial charge < -0.3 is 9.47 Å². The molecule has 0 spiro atoms. The lowest BCUT2D eigenvalue weighted by atomic mass is 9.99. The van der Waals surface area contributed by atoms with Crippen LogP contribution in [0.5, 0.6) is 0 Å². The zero-order valence-electron chi connectivity index (χ0n) is 14.0. The number of methoxy groups -OCH3 is 1. The highest BCUT2D eigenvalue weighted by Gasteiger charge is 2.40. The zero-order valence-corrected chi connectivity index (χ0v) is 14.0. The maximum Gasteiger partial charge on any atom is 0.412 e. The Kier molecular flexibility index (Phi) is 3.94. The molecule has 4 rings (SSSR count). The van der Waals surface area contributed by atoms with Crippen LogP contribution in [-0.4, -0.2) is 25.3 Å². The Morgan fingerprint density at radius 1 is 1.08 bits per heavy atom. The molecule has 128 valence electrons. The van der Waals surface area contributed by atoms with E-state index in [2.05, 4.69) is 11.4 Å². The van der Waals surface area contributed by atoms with Crippen molar-refractivity contribution in [2.75, 3.05) is 12.4 Å². The molecular weight excluding hydrogens is 306 g/mol. The van der Waals surface area contributed by atoms with Gasteiger partial charge in [0.15, 0.2) is 0 Å². The summed E-state index contributed by atoms with van der Waals surface area (Å²) in [5.74, 6) is -0.355. The number of esters is 1. The number of nitrogens with one attached hydrogen (secondary N) is 1. The van der Waals surface area contributed by atoms with Crippen molar-refractivity contribution >= 4 is 17.7 Å². The van der Waals surface area contributed by atoms with Crippen LogP contribution >= 0.6 is 0 Å². The number of hydrogen-bond acceptors (Lipinski definition) is 4. The van der Waals surface area contributed by atoms with Crippen molar-refractivity contribution in [3.63, 3.8) is 0 Å². The van der Waals surface area contributed by atoms with Gasteiger partial charge in [-0.2, -0.15) is 0 Å². The smallest absolute Gasteiger partial charge is 0.412 e. The highest BCUT2D eigenvalue weighted by molar-refractivity contribution is 5.90. The summed E-state index contributed by atoms with van der Waals surface area (Å²) in [6.45, 7) is 0. The Hall–Kier alpha value is -2.04. The van der Waals surface area contributed by atoms with E-state index in [1.807, 2.05) is 0 Å². The van der Waals surface area contributed by atoms with Crippen molar-refractivity contribution < 1.29 is 19.1 Å². The summed E-state index contributed by atoms with van der Waals surface area (Å²) in [5.41, 5.74) is 6.18. The predicted octanol–water partition coefficient (Wildman–Crippen LogP) is 3.16. The molecule has 1 fully saturated rings. The van der Waals surface area contributed by atoms with Crippen LogP contribution in [0.15, 0.2) is 6.07 Å². The maximum atomic E-state index is 12.4. The van der Waals surface area contributed by atoms with Gasteiger partial charge >= 0.3 is 12.1 Å². The van der Waals surface area contributed by atoms with Crippen molar-refractivity contribution in [2.45, 2.75) is 57.5 Å². The molecule has 1 saturated carbocycles. The number of rotatable bonds is 4. The number of carbonyl (C=O) groups is 2. The number of anilines is 1. The lowest BCUT2D eigenvalue weighted by Crippen LogP contribution is -2.32. The molecule has 1 N–H and O–H groups in total. The van der Waals surface area contributed by atoms with E-state index < -0.39 is 18.2 Å². The average molecular weight is 329 g/mol. The van der Waals surface area contributed by atoms with E-state index in [4.69, 9.17) is 9.47 Å². The van der Waals surface area contributed by atoms with Gasteiger partial charge in [0.25, 0.3) is 0 Å². The van der Waals surface area contributed by atoms with Crippen LogP contribution < -0.4 is 5.32 Å². The van der Waals surface area contributed by atoms with Crippen LogP contribution in [0.25, 0.3) is 0 Å². The third kappa shape index (κ3) is 2.76. The largest absolute Gasteiger partial charge is 0.466 e. The van der Waals surface area contributed by atoms with Crippen LogP contribution in [0.4, 0.5) is 10.5 Å². The third-order valence-corrected chi connectivity index (χ3v) is 5.42. The van der Waals surface area contributed by atoms with E-state index >= 15 is 0 Å². The number of ether oxygens (including phenoxy) is 2. The van der Waals surface area contributed by atoms with Crippen molar-refractivity contribution in [3.8, 4) is 0 Å². The highest BCUT2D eigenvalue weighted by atomic mass is 16.6. The van der Waals surface area contributed by atoms with Gasteiger partial charge in [0.1, 0.15) is 0 Å². The second-order valence-electron chi connectivity index (χ2n) is 7.05. The Morgan fingerprint density at radius 2 is 1.71 bits per heavy atom. The lowest BCUT2D eigenvalue weighted by Gasteiger charge is -2.19. The van der Waals surface area contributed by atoms with E-state index in [0.29, 0.717) is 0 Å². The number of carbonyl (C=O) groups excluding carboxylic acids is 2. The summed E-state index contributed by atoms with van der Waals surface area (Å²) in [5, 5.41) is 2.97. The van der Waals surface area contributed by atoms with Gasteiger partial charge in [0.2, 0.25) is 6.10 Å². The topological polar surface area (TPSA) is 64.6 Å². The van der Waals surface area contributed by atoms with Crippen LogP contribution in [0.3, 0.4) is 0 Å². The van der Waals surface area contributed by atoms with Gasteiger partial charge in [0, 0.05) is 5.92 Å². The minimum absolute atomic E-state index is 0.107. The second kappa shape index (κ2) is 6.11. The molecule has 1 atom stereocenters. The molecule has 1 unspecified atom stereocenters. The predicted molar refractivity (Wildman–Crippen MR) is 89.1 cm³/mol. The van der Waals surface area contributed by atoms with Gasteiger partial charge in [-0.15, -0.1) is 0 Å². The van der Waals surface area contributed by atoms with Crippen molar-refractivity contribution in [1.29, 1.82) is 0 Å². The molecule has 0 saturated heterocycles. The van der Waals surface area contributed by atoms with Gasteiger partial charge in [-0.3, -0.25) is 5.32 Å². The highest BCUT2D eigenvalue weighted by Crippen LogP contribution is 2.39. The SMILES string of the molecule is COC(=O)C(OC(=O)Nc1c2c(cc3c1CCC3)CCC2)C1CC1. The summed E-state index contributed by atoms with van der Waals surface area (Å²) in [6.07, 6.45) is 6.93. The van der Waals surface area contributed by atoms with E-state index in [-0.39, 0.29) is 5.92 Å². The van der Waals surface area contributed by atoms with Crippen LogP contribution in [0.1, 0.15) is 47.9 Å². The fourth-order valence-corrected chi connectivity index (χ4v) is 4.07. The number of benzene rings is 1. The molecular formula is C19H23NO4. The lowest BCUT2D eigenvalue weighted by molar-refractivity contribution is -0.151. The standard InChI is InChI=1S/C19H23NO4/c1-23-18(21)17(11-8-9-11)24-19(22)20-16-14-6-2-4-12(14)10-13-5-3-7-15(13)16/h10-11,17H,2-9H2,1H3,(H,20,22). The Balaban J connectivity index is 1.55. The number of aryl methyl sites for hydroxylation is 2. The molecule has 24 heavy (non-hydrogen) atoms. The number of amides is 1. The maximum absolute atomic E-state index is 12.4. The number of fused-ring (bicyclic) bond motifs is 2. The Labute approximate surface area is 141 Å². The van der Waals surface area contributed by atoms with Crippen molar-refractivity contribution in [1.82, 2.24) is 0 Å². The van der Waals surface area contributed by atoms with Crippen LogP contribution in [0, 0.1) is 5.92 Å². The summed E-state index contributed by atoms with van der Waals surface area (Å²) >= 11 is 0. The van der Waals surface area contributed by atoms with Gasteiger partial charge in [-0.05, 0) is 73.6 Å². The first-order valence-electron chi connectivity index (χ1n) is 8.89. The molecule has 5 heteroatoms. The van der Waals surface area contributed by atoms with E-state index in [0.717, 1.165) is 57.1 Å². The number of hydrogen-bond donors (Lipinski definition) is 1. The first-order chi connectivity index (χ1) is 11.7. The third-order valence-electron chi connectivity index (χ3n) is 5.42. The van der Waals surface area contributed by atoms with Gasteiger partial charge in [-0.25, -0.2) is 9.59 Å². The van der Waals surface area contributed by atoms with Gasteiger partial charge in [-0.1, -0.05) is 6.07 Å². The van der Waals surface area contributed by atoms with E-state index in [1.54, 1.807) is 0 Å². The minimum atomic E-state index is -0.778.